The molecule has 2 aliphatic carbocycles. The molecule has 0 atom stereocenters. The molecule has 0 spiro atoms. The van der Waals surface area contributed by atoms with Crippen LogP contribution in [0.3, 0.4) is 0 Å². The number of imidazole rings is 1. The molecule has 4 nitrogen and oxygen atoms in total. The maximum atomic E-state index is 5.11. The van der Waals surface area contributed by atoms with Crippen molar-refractivity contribution in [2.24, 2.45) is 0 Å². The highest BCUT2D eigenvalue weighted by molar-refractivity contribution is 6.13. The minimum absolute atomic E-state index is 0.871. The van der Waals surface area contributed by atoms with Gasteiger partial charge in [0.2, 0.25) is 0 Å². The van der Waals surface area contributed by atoms with E-state index in [1.807, 2.05) is 24.5 Å². The van der Waals surface area contributed by atoms with Gasteiger partial charge in [0.05, 0.1) is 11.0 Å². The van der Waals surface area contributed by atoms with Crippen molar-refractivity contribution in [2.75, 3.05) is 0 Å². The Hall–Kier alpha value is -4.57. The summed E-state index contributed by atoms with van der Waals surface area (Å²) in [5.41, 5.74) is 16.0. The van der Waals surface area contributed by atoms with Gasteiger partial charge in [0.15, 0.2) is 5.65 Å². The molecule has 4 aromatic heterocycles. The summed E-state index contributed by atoms with van der Waals surface area (Å²) in [5, 5.41) is 2.19. The van der Waals surface area contributed by atoms with Crippen LogP contribution in [0, 0.1) is 0 Å². The van der Waals surface area contributed by atoms with E-state index >= 15 is 0 Å². The van der Waals surface area contributed by atoms with Gasteiger partial charge in [-0.3, -0.25) is 9.38 Å². The van der Waals surface area contributed by atoms with Crippen LogP contribution >= 0.6 is 0 Å². The van der Waals surface area contributed by atoms with Crippen molar-refractivity contribution in [3.8, 4) is 22.3 Å². The normalized spacial score (nSPS) is 13.5. The first-order valence-electron chi connectivity index (χ1n) is 12.1. The number of benzene rings is 3. The summed E-state index contributed by atoms with van der Waals surface area (Å²) in [6.45, 7) is 0. The molecule has 162 valence electrons. The van der Waals surface area contributed by atoms with E-state index in [9.17, 15) is 0 Å². The van der Waals surface area contributed by atoms with E-state index in [1.165, 1.54) is 44.5 Å². The summed E-state index contributed by atoms with van der Waals surface area (Å²) < 4.78 is 2.25. The van der Waals surface area contributed by atoms with Gasteiger partial charge >= 0.3 is 0 Å². The van der Waals surface area contributed by atoms with E-state index in [-0.39, 0.29) is 0 Å². The Morgan fingerprint density at radius 2 is 1.43 bits per heavy atom. The lowest BCUT2D eigenvalue weighted by Gasteiger charge is -2.11. The van der Waals surface area contributed by atoms with Gasteiger partial charge in [-0.2, -0.15) is 0 Å². The predicted octanol–water partition coefficient (Wildman–Crippen LogP) is 6.73. The van der Waals surface area contributed by atoms with Crippen molar-refractivity contribution < 1.29 is 0 Å². The molecule has 0 radical (unpaired) electrons. The quantitative estimate of drug-likeness (QED) is 0.243. The Kier molecular flexibility index (Phi) is 3.11. The van der Waals surface area contributed by atoms with Crippen LogP contribution in [0.4, 0.5) is 0 Å². The van der Waals surface area contributed by atoms with Crippen LogP contribution in [-0.4, -0.2) is 19.4 Å². The number of rotatable bonds is 0. The topological polar surface area (TPSA) is 43.1 Å². The Balaban J connectivity index is 1.47. The van der Waals surface area contributed by atoms with E-state index in [4.69, 9.17) is 15.0 Å². The SMILES string of the molecule is c1ccc2c(c1)Cc1ccc3c(c1-2)Cc1ccc2nc4c5ncccc5c5cccnc5n4c2c1-3. The zero-order valence-corrected chi connectivity index (χ0v) is 18.8. The maximum Gasteiger partial charge on any atom is 0.166 e. The number of nitrogens with zero attached hydrogens (tertiary/aromatic N) is 4. The Labute approximate surface area is 200 Å². The largest absolute Gasteiger partial charge is 0.274 e. The summed E-state index contributed by atoms with van der Waals surface area (Å²) in [6, 6.07) is 26.2. The fourth-order valence-corrected chi connectivity index (χ4v) is 6.52. The van der Waals surface area contributed by atoms with Crippen molar-refractivity contribution in [3.63, 3.8) is 0 Å². The molecule has 4 heterocycles. The highest BCUT2D eigenvalue weighted by atomic mass is 15.1. The lowest BCUT2D eigenvalue weighted by molar-refractivity contribution is 1.22. The highest BCUT2D eigenvalue weighted by Gasteiger charge is 2.30. The molecule has 0 saturated heterocycles. The monoisotopic (exact) mass is 446 g/mol. The summed E-state index contributed by atoms with van der Waals surface area (Å²) in [5.74, 6) is 0. The van der Waals surface area contributed by atoms with Gasteiger partial charge in [-0.05, 0) is 76.1 Å². The average Bonchev–Trinajstić information content (AvgIpc) is 3.59. The van der Waals surface area contributed by atoms with Crippen LogP contribution in [0.1, 0.15) is 22.3 Å². The lowest BCUT2D eigenvalue weighted by Crippen LogP contribution is -1.96. The highest BCUT2D eigenvalue weighted by Crippen LogP contribution is 2.49. The van der Waals surface area contributed by atoms with Gasteiger partial charge < -0.3 is 0 Å². The minimum Gasteiger partial charge on any atom is -0.274 e. The Morgan fingerprint density at radius 1 is 0.600 bits per heavy atom. The van der Waals surface area contributed by atoms with Crippen molar-refractivity contribution in [2.45, 2.75) is 12.8 Å². The van der Waals surface area contributed by atoms with Crippen molar-refractivity contribution in [3.05, 3.63) is 107 Å². The summed E-state index contributed by atoms with van der Waals surface area (Å²) in [6.07, 6.45) is 5.69. The molecule has 0 saturated carbocycles. The molecule has 0 bridgehead atoms. The number of hydrogen-bond donors (Lipinski definition) is 0. The summed E-state index contributed by atoms with van der Waals surface area (Å²) in [4.78, 5) is 14.7. The van der Waals surface area contributed by atoms with Crippen LogP contribution in [-0.2, 0) is 12.8 Å². The second kappa shape index (κ2) is 6.10. The summed E-state index contributed by atoms with van der Waals surface area (Å²) in [7, 11) is 0. The van der Waals surface area contributed by atoms with Gasteiger partial charge in [-0.1, -0.05) is 48.5 Å². The van der Waals surface area contributed by atoms with Crippen molar-refractivity contribution >= 4 is 38.6 Å². The van der Waals surface area contributed by atoms with Gasteiger partial charge in [0.25, 0.3) is 0 Å². The fraction of sp³-hybridized carbons (Fsp3) is 0.0645. The number of hydrogen-bond acceptors (Lipinski definition) is 3. The summed E-state index contributed by atoms with van der Waals surface area (Å²) >= 11 is 0. The average molecular weight is 447 g/mol. The molecule has 4 heteroatoms. The predicted molar refractivity (Wildman–Crippen MR) is 140 cm³/mol. The molecule has 0 aliphatic heterocycles. The molecule has 2 aliphatic rings. The second-order valence-electron chi connectivity index (χ2n) is 9.65. The first kappa shape index (κ1) is 17.8. The molecule has 0 unspecified atom stereocenters. The van der Waals surface area contributed by atoms with E-state index < -0.39 is 0 Å². The molecule has 35 heavy (non-hydrogen) atoms. The number of fused-ring (bicyclic) bond motifs is 16. The van der Waals surface area contributed by atoms with Crippen molar-refractivity contribution in [1.29, 1.82) is 0 Å². The van der Waals surface area contributed by atoms with Gasteiger partial charge in [-0.15, -0.1) is 0 Å². The van der Waals surface area contributed by atoms with Gasteiger partial charge in [-0.25, -0.2) is 9.97 Å². The molecule has 0 amide bonds. The van der Waals surface area contributed by atoms with Crippen LogP contribution in [0.2, 0.25) is 0 Å². The van der Waals surface area contributed by atoms with Crippen LogP contribution < -0.4 is 0 Å². The molecular weight excluding hydrogens is 428 g/mol. The standard InChI is InChI=1S/C31H18N4/c1-2-6-20-17(5-1)15-18-9-11-21-24(26(18)20)16-19-10-12-25-29(27(19)21)35-30-23(8-4-14-33-30)22-7-3-13-32-28(22)31(35)34-25/h1-14H,15-16H2. The zero-order valence-electron chi connectivity index (χ0n) is 18.8. The first-order chi connectivity index (χ1) is 17.4. The van der Waals surface area contributed by atoms with Crippen molar-refractivity contribution in [1.82, 2.24) is 19.4 Å². The first-order valence-corrected chi connectivity index (χ1v) is 12.1. The van der Waals surface area contributed by atoms with Crippen LogP contribution in [0.5, 0.6) is 0 Å². The molecule has 7 aromatic rings. The third-order valence-corrected chi connectivity index (χ3v) is 7.92. The number of pyridine rings is 3. The minimum atomic E-state index is 0.871. The third-order valence-electron chi connectivity index (χ3n) is 7.92. The van der Waals surface area contributed by atoms with Gasteiger partial charge in [0.1, 0.15) is 11.2 Å². The van der Waals surface area contributed by atoms with Crippen LogP contribution in [0.15, 0.2) is 85.2 Å². The van der Waals surface area contributed by atoms with E-state index in [1.54, 1.807) is 0 Å². The van der Waals surface area contributed by atoms with E-state index in [2.05, 4.69) is 65.1 Å². The maximum absolute atomic E-state index is 5.11. The van der Waals surface area contributed by atoms with Crippen LogP contribution in [0.25, 0.3) is 60.9 Å². The molecular formula is C31H18N4. The van der Waals surface area contributed by atoms with E-state index in [0.717, 1.165) is 51.5 Å². The molecule has 0 fully saturated rings. The molecule has 3 aromatic carbocycles. The smallest absolute Gasteiger partial charge is 0.166 e. The second-order valence-corrected chi connectivity index (χ2v) is 9.65. The molecule has 0 N–H and O–H groups in total. The Morgan fingerprint density at radius 3 is 2.40 bits per heavy atom. The number of aromatic nitrogens is 4. The lowest BCUT2D eigenvalue weighted by atomic mass is 9.95. The van der Waals surface area contributed by atoms with E-state index in [0.29, 0.717) is 0 Å². The third kappa shape index (κ3) is 2.11. The molecule has 9 rings (SSSR count). The Bertz CT molecular complexity index is 2070. The van der Waals surface area contributed by atoms with Gasteiger partial charge in [0, 0.05) is 28.7 Å². The zero-order chi connectivity index (χ0) is 22.7. The fourth-order valence-electron chi connectivity index (χ4n) is 6.52.